The first-order chi connectivity index (χ1) is 8.74. The van der Waals surface area contributed by atoms with Gasteiger partial charge in [-0.05, 0) is 46.4 Å². The normalized spacial score (nSPS) is 34.3. The van der Waals surface area contributed by atoms with Gasteiger partial charge in [0.05, 0.1) is 6.67 Å². The molecule has 2 atom stereocenters. The van der Waals surface area contributed by atoms with E-state index < -0.39 is 0 Å². The van der Waals surface area contributed by atoms with E-state index >= 15 is 0 Å². The predicted molar refractivity (Wildman–Crippen MR) is 76.9 cm³/mol. The van der Waals surface area contributed by atoms with E-state index in [0.29, 0.717) is 0 Å². The molecule has 0 radical (unpaired) electrons. The summed E-state index contributed by atoms with van der Waals surface area (Å²) >= 11 is 0. The topological polar surface area (TPSA) is 13.0 Å². The monoisotopic (exact) mass is 254 g/mol. The molecular formula is C14H30N4. The minimum Gasteiger partial charge on any atom is -0.305 e. The second-order valence-electron chi connectivity index (χ2n) is 6.04. The van der Waals surface area contributed by atoms with Crippen molar-refractivity contribution in [3.63, 3.8) is 0 Å². The molecule has 2 rings (SSSR count). The standard InChI is InChI=1S/C14H30N4/c1-15-6-3-8-17-10-5-11-18(14-17)9-4-7-16(2)13-12-15/h3-14H2,1-2H3. The summed E-state index contributed by atoms with van der Waals surface area (Å²) in [6, 6.07) is 0. The summed E-state index contributed by atoms with van der Waals surface area (Å²) in [5, 5.41) is 0. The molecule has 18 heavy (non-hydrogen) atoms. The average molecular weight is 254 g/mol. The first-order valence-electron chi connectivity index (χ1n) is 7.56. The van der Waals surface area contributed by atoms with Crippen LogP contribution in [0.2, 0.25) is 0 Å². The van der Waals surface area contributed by atoms with E-state index in [-0.39, 0.29) is 0 Å². The highest BCUT2D eigenvalue weighted by atomic mass is 15.3. The molecule has 0 aromatic heterocycles. The quantitative estimate of drug-likeness (QED) is 0.628. The maximum absolute atomic E-state index is 2.64. The molecule has 2 heterocycles. The summed E-state index contributed by atoms with van der Waals surface area (Å²) in [5.74, 6) is 0. The third-order valence-corrected chi connectivity index (χ3v) is 4.24. The van der Waals surface area contributed by atoms with Crippen molar-refractivity contribution in [3.8, 4) is 0 Å². The van der Waals surface area contributed by atoms with Gasteiger partial charge < -0.3 is 9.80 Å². The molecule has 0 aliphatic carbocycles. The minimum atomic E-state index is 1.20. The fraction of sp³-hybridized carbons (Fsp3) is 1.00. The highest BCUT2D eigenvalue weighted by molar-refractivity contribution is 4.70. The Hall–Kier alpha value is -0.160. The maximum atomic E-state index is 2.64. The van der Waals surface area contributed by atoms with E-state index in [4.69, 9.17) is 0 Å². The summed E-state index contributed by atoms with van der Waals surface area (Å²) < 4.78 is 0. The fourth-order valence-corrected chi connectivity index (χ4v) is 3.00. The third kappa shape index (κ3) is 4.84. The lowest BCUT2D eigenvalue weighted by atomic mass is 10.2. The van der Waals surface area contributed by atoms with Crippen molar-refractivity contribution in [3.05, 3.63) is 0 Å². The van der Waals surface area contributed by atoms with E-state index in [2.05, 4.69) is 33.7 Å². The molecule has 2 saturated heterocycles. The van der Waals surface area contributed by atoms with Crippen LogP contribution in [0.5, 0.6) is 0 Å². The lowest BCUT2D eigenvalue weighted by molar-refractivity contribution is 0.0818. The molecule has 0 amide bonds. The summed E-state index contributed by atoms with van der Waals surface area (Å²) in [6.45, 7) is 11.3. The second-order valence-corrected chi connectivity index (χ2v) is 6.04. The van der Waals surface area contributed by atoms with E-state index in [9.17, 15) is 0 Å². The van der Waals surface area contributed by atoms with Crippen LogP contribution in [0.4, 0.5) is 0 Å². The molecule has 2 unspecified atom stereocenters. The molecule has 2 aliphatic heterocycles. The van der Waals surface area contributed by atoms with E-state index in [1.54, 1.807) is 0 Å². The van der Waals surface area contributed by atoms with Crippen molar-refractivity contribution in [2.75, 3.05) is 73.1 Å². The smallest absolute Gasteiger partial charge is 0.0506 e. The van der Waals surface area contributed by atoms with Gasteiger partial charge in [-0.3, -0.25) is 9.80 Å². The van der Waals surface area contributed by atoms with Gasteiger partial charge in [-0.25, -0.2) is 0 Å². The van der Waals surface area contributed by atoms with Crippen LogP contribution >= 0.6 is 0 Å². The Bertz CT molecular complexity index is 212. The fourth-order valence-electron chi connectivity index (χ4n) is 3.00. The first-order valence-corrected chi connectivity index (χ1v) is 7.56. The lowest BCUT2D eigenvalue weighted by Crippen LogP contribution is -2.45. The number of fused-ring (bicyclic) bond motifs is 2. The van der Waals surface area contributed by atoms with Crippen molar-refractivity contribution in [2.45, 2.75) is 19.3 Å². The molecule has 2 bridgehead atoms. The van der Waals surface area contributed by atoms with Crippen LogP contribution < -0.4 is 0 Å². The Kier molecular flexibility index (Phi) is 5.89. The summed E-state index contributed by atoms with van der Waals surface area (Å²) in [7, 11) is 4.52. The van der Waals surface area contributed by atoms with Gasteiger partial charge in [0.25, 0.3) is 0 Å². The average Bonchev–Trinajstić information content (AvgIpc) is 2.37. The van der Waals surface area contributed by atoms with Gasteiger partial charge in [-0.15, -0.1) is 0 Å². The van der Waals surface area contributed by atoms with E-state index in [0.717, 1.165) is 0 Å². The van der Waals surface area contributed by atoms with Crippen LogP contribution in [0.15, 0.2) is 0 Å². The number of hydrogen-bond acceptors (Lipinski definition) is 4. The maximum Gasteiger partial charge on any atom is 0.0506 e. The number of likely N-dealkylation sites (N-methyl/N-ethyl adjacent to an activating group) is 2. The minimum absolute atomic E-state index is 1.20. The van der Waals surface area contributed by atoms with Gasteiger partial charge >= 0.3 is 0 Å². The van der Waals surface area contributed by atoms with Gasteiger partial charge in [0, 0.05) is 39.3 Å². The van der Waals surface area contributed by atoms with Gasteiger partial charge in [0.1, 0.15) is 0 Å². The number of nitrogens with zero attached hydrogens (tertiary/aromatic N) is 4. The zero-order valence-electron chi connectivity index (χ0n) is 12.3. The molecule has 0 spiro atoms. The largest absolute Gasteiger partial charge is 0.305 e. The third-order valence-electron chi connectivity index (χ3n) is 4.24. The zero-order chi connectivity index (χ0) is 12.8. The Morgan fingerprint density at radius 2 is 0.889 bits per heavy atom. The Balaban J connectivity index is 1.84. The van der Waals surface area contributed by atoms with Crippen molar-refractivity contribution in [2.24, 2.45) is 0 Å². The molecule has 4 nitrogen and oxygen atoms in total. The van der Waals surface area contributed by atoms with Crippen molar-refractivity contribution >= 4 is 0 Å². The van der Waals surface area contributed by atoms with Crippen LogP contribution in [-0.2, 0) is 0 Å². The van der Waals surface area contributed by atoms with Crippen molar-refractivity contribution < 1.29 is 0 Å². The van der Waals surface area contributed by atoms with Crippen LogP contribution in [-0.4, -0.2) is 92.7 Å². The molecule has 0 aromatic rings. The molecular weight excluding hydrogens is 224 g/mol. The molecule has 2 fully saturated rings. The highest BCUT2D eigenvalue weighted by Crippen LogP contribution is 2.08. The van der Waals surface area contributed by atoms with Crippen molar-refractivity contribution in [1.82, 2.24) is 19.6 Å². The molecule has 2 aliphatic rings. The van der Waals surface area contributed by atoms with Crippen LogP contribution in [0.1, 0.15) is 19.3 Å². The van der Waals surface area contributed by atoms with Gasteiger partial charge in [0.2, 0.25) is 0 Å². The summed E-state index contributed by atoms with van der Waals surface area (Å²) in [6.07, 6.45) is 3.98. The highest BCUT2D eigenvalue weighted by Gasteiger charge is 2.17. The molecule has 0 saturated carbocycles. The predicted octanol–water partition coefficient (Wildman–Crippen LogP) is 0.609. The van der Waals surface area contributed by atoms with E-state index in [1.807, 2.05) is 0 Å². The van der Waals surface area contributed by atoms with Gasteiger partial charge in [-0.1, -0.05) is 0 Å². The Morgan fingerprint density at radius 1 is 0.500 bits per heavy atom. The van der Waals surface area contributed by atoms with E-state index in [1.165, 1.54) is 78.3 Å². The number of hydrogen-bond donors (Lipinski definition) is 0. The lowest BCUT2D eigenvalue weighted by Gasteiger charge is -2.35. The molecule has 0 N–H and O–H groups in total. The molecule has 0 aromatic carbocycles. The summed E-state index contributed by atoms with van der Waals surface area (Å²) in [5.41, 5.74) is 0. The second kappa shape index (κ2) is 7.43. The zero-order valence-corrected chi connectivity index (χ0v) is 12.3. The Morgan fingerprint density at radius 3 is 1.33 bits per heavy atom. The Labute approximate surface area is 113 Å². The van der Waals surface area contributed by atoms with Gasteiger partial charge in [-0.2, -0.15) is 0 Å². The SMILES string of the molecule is CN1CCCN2CCCN(CCCN(C)CC1)C2. The first kappa shape index (κ1) is 14.3. The molecule has 4 heteroatoms. The van der Waals surface area contributed by atoms with Crippen molar-refractivity contribution in [1.29, 1.82) is 0 Å². The summed E-state index contributed by atoms with van der Waals surface area (Å²) in [4.78, 5) is 10.2. The van der Waals surface area contributed by atoms with Crippen LogP contribution in [0.25, 0.3) is 0 Å². The van der Waals surface area contributed by atoms with Crippen LogP contribution in [0, 0.1) is 0 Å². The number of rotatable bonds is 0. The molecule has 106 valence electrons. The van der Waals surface area contributed by atoms with Crippen LogP contribution in [0.3, 0.4) is 0 Å². The van der Waals surface area contributed by atoms with Gasteiger partial charge in [0.15, 0.2) is 0 Å².